The predicted octanol–water partition coefficient (Wildman–Crippen LogP) is 5.53. The summed E-state index contributed by atoms with van der Waals surface area (Å²) in [5.74, 6) is 0.207. The summed E-state index contributed by atoms with van der Waals surface area (Å²) in [6.45, 7) is 1.96. The number of nitrogens with zero attached hydrogens (tertiary/aromatic N) is 1. The molecular formula is C25H21IN2O5S. The monoisotopic (exact) mass is 588 g/mol. The molecule has 0 aliphatic carbocycles. The van der Waals surface area contributed by atoms with E-state index in [0.717, 1.165) is 31.0 Å². The lowest BCUT2D eigenvalue weighted by Crippen LogP contribution is -2.36. The molecule has 7 nitrogen and oxygen atoms in total. The van der Waals surface area contributed by atoms with Gasteiger partial charge in [-0.3, -0.25) is 19.3 Å². The number of fused-ring (bicyclic) bond motifs is 1. The van der Waals surface area contributed by atoms with E-state index in [1.807, 2.05) is 49.4 Å². The van der Waals surface area contributed by atoms with E-state index in [9.17, 15) is 14.4 Å². The van der Waals surface area contributed by atoms with Gasteiger partial charge < -0.3 is 14.8 Å². The van der Waals surface area contributed by atoms with Crippen LogP contribution in [0, 0.1) is 3.57 Å². The number of ether oxygens (including phenoxy) is 2. The number of benzene rings is 3. The van der Waals surface area contributed by atoms with Gasteiger partial charge in [-0.05, 0) is 76.5 Å². The van der Waals surface area contributed by atoms with Gasteiger partial charge in [-0.2, -0.15) is 0 Å². The van der Waals surface area contributed by atoms with Gasteiger partial charge in [0.15, 0.2) is 11.5 Å². The van der Waals surface area contributed by atoms with Crippen LogP contribution in [-0.2, 0) is 9.59 Å². The summed E-state index contributed by atoms with van der Waals surface area (Å²) >= 11 is 2.93. The molecule has 3 amide bonds. The van der Waals surface area contributed by atoms with E-state index in [1.54, 1.807) is 25.3 Å². The van der Waals surface area contributed by atoms with E-state index in [2.05, 4.69) is 27.9 Å². The number of carbonyl (C=O) groups excluding carboxylic acids is 3. The summed E-state index contributed by atoms with van der Waals surface area (Å²) in [7, 11) is 1.56. The molecule has 0 atom stereocenters. The number of thioether (sulfide) groups is 1. The predicted molar refractivity (Wildman–Crippen MR) is 142 cm³/mol. The Hall–Kier alpha value is -3.05. The van der Waals surface area contributed by atoms with Crippen molar-refractivity contribution in [2.24, 2.45) is 0 Å². The first-order valence-corrected chi connectivity index (χ1v) is 12.3. The maximum absolute atomic E-state index is 12.9. The third-order valence-corrected chi connectivity index (χ3v) is 6.78. The Morgan fingerprint density at radius 3 is 2.68 bits per heavy atom. The van der Waals surface area contributed by atoms with Crippen LogP contribution in [0.1, 0.15) is 12.5 Å². The van der Waals surface area contributed by atoms with Gasteiger partial charge >= 0.3 is 0 Å². The van der Waals surface area contributed by atoms with Crippen molar-refractivity contribution in [3.63, 3.8) is 0 Å². The molecule has 9 heteroatoms. The Kier molecular flexibility index (Phi) is 7.42. The van der Waals surface area contributed by atoms with E-state index in [0.29, 0.717) is 29.4 Å². The Morgan fingerprint density at radius 2 is 1.91 bits per heavy atom. The van der Waals surface area contributed by atoms with E-state index in [-0.39, 0.29) is 11.4 Å². The Morgan fingerprint density at radius 1 is 1.15 bits per heavy atom. The van der Waals surface area contributed by atoms with Gasteiger partial charge in [-0.25, -0.2) is 0 Å². The van der Waals surface area contributed by atoms with E-state index in [1.165, 1.54) is 0 Å². The zero-order chi connectivity index (χ0) is 24.2. The lowest BCUT2D eigenvalue weighted by molar-refractivity contribution is -0.127. The minimum Gasteiger partial charge on any atom is -0.492 e. The van der Waals surface area contributed by atoms with Crippen molar-refractivity contribution in [3.8, 4) is 11.5 Å². The minimum atomic E-state index is -0.508. The van der Waals surface area contributed by atoms with Crippen LogP contribution in [0.5, 0.6) is 11.5 Å². The molecule has 0 aromatic heterocycles. The second-order valence-corrected chi connectivity index (χ2v) is 9.47. The quantitative estimate of drug-likeness (QED) is 0.289. The largest absolute Gasteiger partial charge is 0.492 e. The molecule has 0 bridgehead atoms. The number of rotatable bonds is 7. The highest BCUT2D eigenvalue weighted by atomic mass is 127. The fourth-order valence-electron chi connectivity index (χ4n) is 3.59. The molecule has 1 aliphatic rings. The van der Waals surface area contributed by atoms with Crippen LogP contribution in [0.4, 0.5) is 10.5 Å². The second kappa shape index (κ2) is 10.5. The first-order valence-electron chi connectivity index (χ1n) is 10.4. The maximum Gasteiger partial charge on any atom is 0.294 e. The van der Waals surface area contributed by atoms with Gasteiger partial charge in [0.2, 0.25) is 5.91 Å². The molecule has 1 fully saturated rings. The molecule has 1 aliphatic heterocycles. The number of halogens is 1. The highest BCUT2D eigenvalue weighted by molar-refractivity contribution is 14.1. The molecule has 0 radical (unpaired) electrons. The maximum atomic E-state index is 12.9. The van der Waals surface area contributed by atoms with Gasteiger partial charge in [0, 0.05) is 11.1 Å². The fraction of sp³-hybridized carbons (Fsp3) is 0.160. The van der Waals surface area contributed by atoms with Crippen molar-refractivity contribution in [1.82, 2.24) is 4.90 Å². The van der Waals surface area contributed by atoms with E-state index in [4.69, 9.17) is 9.47 Å². The van der Waals surface area contributed by atoms with Crippen molar-refractivity contribution in [2.45, 2.75) is 6.92 Å². The summed E-state index contributed by atoms with van der Waals surface area (Å²) in [5.41, 5.74) is 1.32. The van der Waals surface area contributed by atoms with Crippen LogP contribution in [-0.4, -0.2) is 42.2 Å². The molecule has 34 heavy (non-hydrogen) atoms. The van der Waals surface area contributed by atoms with Crippen molar-refractivity contribution in [2.75, 3.05) is 25.6 Å². The minimum absolute atomic E-state index is 0.242. The number of anilines is 1. The molecule has 1 N–H and O–H groups in total. The SMILES string of the molecule is CCOc1cc(/C=C2/SC(=O)N(CC(=O)Nc3cccc4ccccc34)C2=O)cc(I)c1OC. The summed E-state index contributed by atoms with van der Waals surface area (Å²) in [6.07, 6.45) is 1.62. The standard InChI is InChI=1S/C25H21IN2O5S/c1-3-33-20-12-15(11-18(26)23(20)32-2)13-21-24(30)28(25(31)34-21)14-22(29)27-19-10-6-8-16-7-4-5-9-17(16)19/h4-13H,3,14H2,1-2H3,(H,27,29)/b21-13+. The highest BCUT2D eigenvalue weighted by Gasteiger charge is 2.36. The van der Waals surface area contributed by atoms with Gasteiger partial charge in [0.05, 0.1) is 22.2 Å². The molecule has 0 saturated carbocycles. The Balaban J connectivity index is 1.52. The number of imide groups is 1. The molecular weight excluding hydrogens is 567 g/mol. The Bertz CT molecular complexity index is 1320. The number of methoxy groups -OCH3 is 1. The zero-order valence-electron chi connectivity index (χ0n) is 18.5. The first kappa shape index (κ1) is 24.1. The molecule has 3 aromatic rings. The van der Waals surface area contributed by atoms with Gasteiger partial charge in [0.1, 0.15) is 6.54 Å². The number of amides is 3. The average Bonchev–Trinajstić information content (AvgIpc) is 3.06. The zero-order valence-corrected chi connectivity index (χ0v) is 21.4. The van der Waals surface area contributed by atoms with Crippen LogP contribution >= 0.6 is 34.4 Å². The third kappa shape index (κ3) is 5.05. The van der Waals surface area contributed by atoms with E-state index < -0.39 is 17.1 Å². The highest BCUT2D eigenvalue weighted by Crippen LogP contribution is 2.37. The van der Waals surface area contributed by atoms with Crippen LogP contribution in [0.15, 0.2) is 59.5 Å². The molecule has 3 aromatic carbocycles. The molecule has 174 valence electrons. The summed E-state index contributed by atoms with van der Waals surface area (Å²) in [4.78, 5) is 39.3. The number of hydrogen-bond acceptors (Lipinski definition) is 6. The normalized spacial score (nSPS) is 14.7. The number of nitrogens with one attached hydrogen (secondary N) is 1. The lowest BCUT2D eigenvalue weighted by Gasteiger charge is -2.14. The van der Waals surface area contributed by atoms with Crippen molar-refractivity contribution >= 4 is 73.9 Å². The third-order valence-electron chi connectivity index (χ3n) is 5.07. The smallest absolute Gasteiger partial charge is 0.294 e. The number of hydrogen-bond donors (Lipinski definition) is 1. The Labute approximate surface area is 214 Å². The molecule has 1 saturated heterocycles. The average molecular weight is 588 g/mol. The van der Waals surface area contributed by atoms with Gasteiger partial charge in [-0.15, -0.1) is 0 Å². The van der Waals surface area contributed by atoms with Gasteiger partial charge in [0.25, 0.3) is 11.1 Å². The van der Waals surface area contributed by atoms with Gasteiger partial charge in [-0.1, -0.05) is 36.4 Å². The summed E-state index contributed by atoms with van der Waals surface area (Å²) in [5, 5.41) is 4.19. The topological polar surface area (TPSA) is 84.9 Å². The lowest BCUT2D eigenvalue weighted by atomic mass is 10.1. The van der Waals surface area contributed by atoms with Crippen LogP contribution in [0.25, 0.3) is 16.8 Å². The van der Waals surface area contributed by atoms with Crippen LogP contribution in [0.3, 0.4) is 0 Å². The molecule has 4 rings (SSSR count). The second-order valence-electron chi connectivity index (χ2n) is 7.31. The molecule has 0 spiro atoms. The molecule has 0 unspecified atom stereocenters. The first-order chi connectivity index (χ1) is 16.4. The molecule has 1 heterocycles. The summed E-state index contributed by atoms with van der Waals surface area (Å²) < 4.78 is 11.8. The van der Waals surface area contributed by atoms with Crippen LogP contribution in [0.2, 0.25) is 0 Å². The van der Waals surface area contributed by atoms with Crippen molar-refractivity contribution in [1.29, 1.82) is 0 Å². The van der Waals surface area contributed by atoms with E-state index >= 15 is 0 Å². The van der Waals surface area contributed by atoms with Crippen molar-refractivity contribution < 1.29 is 23.9 Å². The summed E-state index contributed by atoms with van der Waals surface area (Å²) in [6, 6.07) is 16.8. The fourth-order valence-corrected chi connectivity index (χ4v) is 5.27. The van der Waals surface area contributed by atoms with Crippen LogP contribution < -0.4 is 14.8 Å². The van der Waals surface area contributed by atoms with Crippen molar-refractivity contribution in [3.05, 3.63) is 68.6 Å². The number of carbonyl (C=O) groups is 3.